The Morgan fingerprint density at radius 2 is 2.17 bits per heavy atom. The van der Waals surface area contributed by atoms with E-state index in [4.69, 9.17) is 5.11 Å². The van der Waals surface area contributed by atoms with E-state index in [0.29, 0.717) is 12.6 Å². The second-order valence-electron chi connectivity index (χ2n) is 5.92. The molecule has 1 heterocycles. The van der Waals surface area contributed by atoms with Crippen LogP contribution in [0.15, 0.2) is 0 Å². The van der Waals surface area contributed by atoms with Crippen LogP contribution in [-0.4, -0.2) is 47.2 Å². The van der Waals surface area contributed by atoms with Crippen LogP contribution in [-0.2, 0) is 4.79 Å². The molecule has 1 fully saturated rings. The number of aliphatic hydroxyl groups is 1. The maximum atomic E-state index is 12.0. The molecule has 0 radical (unpaired) electrons. The number of nitrogens with zero attached hydrogens (tertiary/aromatic N) is 1. The summed E-state index contributed by atoms with van der Waals surface area (Å²) in [6, 6.07) is 0.374. The van der Waals surface area contributed by atoms with E-state index in [-0.39, 0.29) is 18.1 Å². The fourth-order valence-corrected chi connectivity index (χ4v) is 2.43. The third-order valence-electron chi connectivity index (χ3n) is 3.92. The van der Waals surface area contributed by atoms with Gasteiger partial charge < -0.3 is 10.4 Å². The minimum Gasteiger partial charge on any atom is -0.396 e. The Labute approximate surface area is 111 Å². The minimum atomic E-state index is -0.126. The molecule has 1 unspecified atom stereocenters. The zero-order chi connectivity index (χ0) is 13.6. The Bertz CT molecular complexity index is 265. The van der Waals surface area contributed by atoms with Crippen molar-refractivity contribution in [2.45, 2.75) is 64.5 Å². The van der Waals surface area contributed by atoms with Crippen molar-refractivity contribution < 1.29 is 9.90 Å². The topological polar surface area (TPSA) is 52.6 Å². The average molecular weight is 256 g/mol. The van der Waals surface area contributed by atoms with Crippen LogP contribution in [0.4, 0.5) is 0 Å². The second kappa shape index (κ2) is 7.10. The lowest BCUT2D eigenvalue weighted by atomic mass is 9.99. The van der Waals surface area contributed by atoms with Gasteiger partial charge in [-0.1, -0.05) is 13.3 Å². The highest BCUT2D eigenvalue weighted by Crippen LogP contribution is 2.19. The van der Waals surface area contributed by atoms with Gasteiger partial charge >= 0.3 is 0 Å². The van der Waals surface area contributed by atoms with Crippen LogP contribution in [0.1, 0.15) is 52.9 Å². The molecule has 0 aromatic carbocycles. The smallest absolute Gasteiger partial charge is 0.234 e. The molecule has 0 saturated carbocycles. The Morgan fingerprint density at radius 3 is 2.78 bits per heavy atom. The molecule has 0 aliphatic carbocycles. The number of piperidine rings is 1. The second-order valence-corrected chi connectivity index (χ2v) is 5.92. The van der Waals surface area contributed by atoms with Crippen LogP contribution in [0.3, 0.4) is 0 Å². The summed E-state index contributed by atoms with van der Waals surface area (Å²) in [5, 5.41) is 12.1. The molecule has 1 saturated heterocycles. The van der Waals surface area contributed by atoms with E-state index in [2.05, 4.69) is 17.1 Å². The molecule has 0 bridgehead atoms. The van der Waals surface area contributed by atoms with Crippen molar-refractivity contribution in [2.24, 2.45) is 0 Å². The molecule has 0 aromatic heterocycles. The molecule has 0 spiro atoms. The average Bonchev–Trinajstić information content (AvgIpc) is 2.31. The van der Waals surface area contributed by atoms with Gasteiger partial charge in [-0.15, -0.1) is 0 Å². The molecule has 1 aliphatic rings. The first kappa shape index (κ1) is 15.4. The molecular weight excluding hydrogens is 228 g/mol. The van der Waals surface area contributed by atoms with Gasteiger partial charge in [0.05, 0.1) is 6.54 Å². The predicted molar refractivity (Wildman–Crippen MR) is 73.4 cm³/mol. The van der Waals surface area contributed by atoms with Crippen LogP contribution in [0.2, 0.25) is 0 Å². The van der Waals surface area contributed by atoms with Crippen LogP contribution in [0, 0.1) is 0 Å². The third-order valence-corrected chi connectivity index (χ3v) is 3.92. The van der Waals surface area contributed by atoms with Crippen molar-refractivity contribution in [3.63, 3.8) is 0 Å². The van der Waals surface area contributed by atoms with Gasteiger partial charge in [-0.3, -0.25) is 9.69 Å². The van der Waals surface area contributed by atoms with Gasteiger partial charge in [0, 0.05) is 18.2 Å². The zero-order valence-corrected chi connectivity index (χ0v) is 12.0. The summed E-state index contributed by atoms with van der Waals surface area (Å²) in [5.41, 5.74) is -0.126. The number of nitrogens with one attached hydrogen (secondary N) is 1. The third kappa shape index (κ3) is 4.94. The van der Waals surface area contributed by atoms with Gasteiger partial charge in [0.2, 0.25) is 5.91 Å². The highest BCUT2D eigenvalue weighted by Gasteiger charge is 2.25. The molecule has 1 atom stereocenters. The van der Waals surface area contributed by atoms with Crippen LogP contribution < -0.4 is 5.32 Å². The summed E-state index contributed by atoms with van der Waals surface area (Å²) in [6.45, 7) is 7.83. The van der Waals surface area contributed by atoms with Crippen molar-refractivity contribution in [2.75, 3.05) is 19.7 Å². The summed E-state index contributed by atoms with van der Waals surface area (Å²) >= 11 is 0. The quantitative estimate of drug-likeness (QED) is 0.758. The van der Waals surface area contributed by atoms with E-state index < -0.39 is 0 Å². The molecule has 4 nitrogen and oxygen atoms in total. The maximum Gasteiger partial charge on any atom is 0.234 e. The summed E-state index contributed by atoms with van der Waals surface area (Å²) in [6.07, 6.45) is 5.18. The Balaban J connectivity index is 2.46. The molecule has 1 rings (SSSR count). The van der Waals surface area contributed by atoms with E-state index in [9.17, 15) is 4.79 Å². The number of carbonyl (C=O) groups excluding carboxylic acids is 1. The van der Waals surface area contributed by atoms with Gasteiger partial charge in [-0.25, -0.2) is 0 Å². The van der Waals surface area contributed by atoms with E-state index in [1.165, 1.54) is 6.42 Å². The van der Waals surface area contributed by atoms with Gasteiger partial charge in [0.15, 0.2) is 0 Å². The van der Waals surface area contributed by atoms with Gasteiger partial charge in [0.1, 0.15) is 0 Å². The Morgan fingerprint density at radius 1 is 1.44 bits per heavy atom. The maximum absolute atomic E-state index is 12.0. The normalized spacial score (nSPS) is 21.9. The lowest BCUT2D eigenvalue weighted by Gasteiger charge is -2.36. The molecule has 0 aromatic rings. The van der Waals surface area contributed by atoms with Gasteiger partial charge in [-0.2, -0.15) is 0 Å². The van der Waals surface area contributed by atoms with E-state index >= 15 is 0 Å². The highest BCUT2D eigenvalue weighted by atomic mass is 16.3. The number of hydrogen-bond donors (Lipinski definition) is 2. The van der Waals surface area contributed by atoms with E-state index in [1.807, 2.05) is 13.8 Å². The molecule has 4 heteroatoms. The number of rotatable bonds is 6. The SMILES string of the molecule is CCC(C)(C)NC(=O)CN1CCCCC1CCO. The lowest BCUT2D eigenvalue weighted by Crippen LogP contribution is -2.50. The van der Waals surface area contributed by atoms with Crippen LogP contribution in [0.25, 0.3) is 0 Å². The number of aliphatic hydroxyl groups excluding tert-OH is 1. The first-order chi connectivity index (χ1) is 8.48. The number of likely N-dealkylation sites (tertiary alicyclic amines) is 1. The van der Waals surface area contributed by atoms with Crippen molar-refractivity contribution in [3.8, 4) is 0 Å². The highest BCUT2D eigenvalue weighted by molar-refractivity contribution is 5.78. The standard InChI is InChI=1S/C14H28N2O2/c1-4-14(2,3)15-13(18)11-16-9-6-5-7-12(16)8-10-17/h12,17H,4-11H2,1-3H3,(H,15,18). The van der Waals surface area contributed by atoms with Crippen LogP contribution in [0.5, 0.6) is 0 Å². The molecular formula is C14H28N2O2. The summed E-state index contributed by atoms with van der Waals surface area (Å²) in [5.74, 6) is 0.103. The lowest BCUT2D eigenvalue weighted by molar-refractivity contribution is -0.124. The van der Waals surface area contributed by atoms with Crippen molar-refractivity contribution in [1.29, 1.82) is 0 Å². The monoisotopic (exact) mass is 256 g/mol. The fraction of sp³-hybridized carbons (Fsp3) is 0.929. The van der Waals surface area contributed by atoms with Crippen LogP contribution >= 0.6 is 0 Å². The number of carbonyl (C=O) groups is 1. The Hall–Kier alpha value is -0.610. The predicted octanol–water partition coefficient (Wildman–Crippen LogP) is 1.53. The molecule has 106 valence electrons. The van der Waals surface area contributed by atoms with Gasteiger partial charge in [-0.05, 0) is 46.1 Å². The molecule has 18 heavy (non-hydrogen) atoms. The molecule has 2 N–H and O–H groups in total. The van der Waals surface area contributed by atoms with E-state index in [0.717, 1.165) is 32.2 Å². The van der Waals surface area contributed by atoms with Gasteiger partial charge in [0.25, 0.3) is 0 Å². The summed E-state index contributed by atoms with van der Waals surface area (Å²) < 4.78 is 0. The Kier molecular flexibility index (Phi) is 6.09. The largest absolute Gasteiger partial charge is 0.396 e. The van der Waals surface area contributed by atoms with Crippen molar-refractivity contribution in [3.05, 3.63) is 0 Å². The fourth-order valence-electron chi connectivity index (χ4n) is 2.43. The summed E-state index contributed by atoms with van der Waals surface area (Å²) in [4.78, 5) is 14.2. The summed E-state index contributed by atoms with van der Waals surface area (Å²) in [7, 11) is 0. The van der Waals surface area contributed by atoms with E-state index in [1.54, 1.807) is 0 Å². The molecule has 1 amide bonds. The molecule has 1 aliphatic heterocycles. The van der Waals surface area contributed by atoms with Crippen molar-refractivity contribution >= 4 is 5.91 Å². The first-order valence-electron chi connectivity index (χ1n) is 7.14. The zero-order valence-electron chi connectivity index (χ0n) is 12.0. The first-order valence-corrected chi connectivity index (χ1v) is 7.14. The minimum absolute atomic E-state index is 0.103. The number of amides is 1. The number of hydrogen-bond acceptors (Lipinski definition) is 3. The van der Waals surface area contributed by atoms with Crippen molar-refractivity contribution in [1.82, 2.24) is 10.2 Å².